The summed E-state index contributed by atoms with van der Waals surface area (Å²) in [6.45, 7) is 3.54. The van der Waals surface area contributed by atoms with Gasteiger partial charge in [0.25, 0.3) is 5.56 Å². The van der Waals surface area contributed by atoms with E-state index in [1.54, 1.807) is 31.2 Å². The fourth-order valence-corrected chi connectivity index (χ4v) is 3.85. The molecule has 1 aromatic heterocycles. The maximum Gasteiger partial charge on any atom is 0.271 e. The Morgan fingerprint density at radius 3 is 2.35 bits per heavy atom. The summed E-state index contributed by atoms with van der Waals surface area (Å²) in [7, 11) is 0. The van der Waals surface area contributed by atoms with Crippen LogP contribution in [0.15, 0.2) is 47.3 Å². The minimum absolute atomic E-state index is 0.00840. The Bertz CT molecular complexity index is 1240. The molecule has 0 spiro atoms. The second-order valence-electron chi connectivity index (χ2n) is 6.72. The van der Waals surface area contributed by atoms with Crippen molar-refractivity contribution in [2.75, 3.05) is 6.61 Å². The van der Waals surface area contributed by atoms with Gasteiger partial charge < -0.3 is 9.84 Å². The Balaban J connectivity index is 2.19. The van der Waals surface area contributed by atoms with Crippen molar-refractivity contribution in [2.45, 2.75) is 20.4 Å². The number of aromatic hydroxyl groups is 1. The Morgan fingerprint density at radius 2 is 1.81 bits per heavy atom. The van der Waals surface area contributed by atoms with Crippen molar-refractivity contribution < 1.29 is 14.6 Å². The van der Waals surface area contributed by atoms with Crippen LogP contribution < -0.4 is 10.3 Å². The first-order valence-corrected chi connectivity index (χ1v) is 10.1. The maximum absolute atomic E-state index is 13.3. The van der Waals surface area contributed by atoms with E-state index in [1.165, 1.54) is 19.1 Å². The highest BCUT2D eigenvalue weighted by atomic mass is 35.5. The highest BCUT2D eigenvalue weighted by molar-refractivity contribution is 6.38. The van der Waals surface area contributed by atoms with Crippen LogP contribution in [0.3, 0.4) is 0 Å². The average Bonchev–Trinajstić information content (AvgIpc) is 2.74. The molecule has 0 saturated carbocycles. The van der Waals surface area contributed by atoms with Crippen LogP contribution in [-0.2, 0) is 6.54 Å². The molecule has 0 radical (unpaired) electrons. The van der Waals surface area contributed by atoms with Crippen molar-refractivity contribution in [3.05, 3.63) is 90.7 Å². The molecule has 0 unspecified atom stereocenters. The predicted molar refractivity (Wildman–Crippen MR) is 118 cm³/mol. The molecule has 8 heteroatoms. The van der Waals surface area contributed by atoms with Crippen LogP contribution in [0.5, 0.6) is 11.6 Å². The maximum atomic E-state index is 13.3. The van der Waals surface area contributed by atoms with Crippen molar-refractivity contribution in [3.8, 4) is 17.7 Å². The Labute approximate surface area is 188 Å². The van der Waals surface area contributed by atoms with Gasteiger partial charge in [-0.2, -0.15) is 5.26 Å². The first kappa shape index (κ1) is 22.4. The number of ether oxygens (including phenoxy) is 1. The van der Waals surface area contributed by atoms with Gasteiger partial charge in [0.05, 0.1) is 28.8 Å². The van der Waals surface area contributed by atoms with E-state index in [-0.39, 0.29) is 44.6 Å². The van der Waals surface area contributed by atoms with Gasteiger partial charge in [-0.3, -0.25) is 14.2 Å². The number of halogens is 2. The van der Waals surface area contributed by atoms with E-state index in [0.717, 1.165) is 10.1 Å². The quantitative estimate of drug-likeness (QED) is 0.541. The number of carbonyl (C=O) groups is 1. The zero-order valence-electron chi connectivity index (χ0n) is 16.8. The van der Waals surface area contributed by atoms with Gasteiger partial charge in [0.1, 0.15) is 11.6 Å². The lowest BCUT2D eigenvalue weighted by Gasteiger charge is -2.16. The SMILES string of the molecule is CCOc1c(Cl)cc(C(=O)c2c(C)c(C#N)c(=O)n(Cc3ccccc3)c2O)cc1Cl. The molecule has 0 saturated heterocycles. The van der Waals surface area contributed by atoms with E-state index in [9.17, 15) is 20.0 Å². The third-order valence-corrected chi connectivity index (χ3v) is 5.32. The van der Waals surface area contributed by atoms with E-state index < -0.39 is 17.2 Å². The Hall–Kier alpha value is -3.27. The smallest absolute Gasteiger partial charge is 0.271 e. The zero-order chi connectivity index (χ0) is 22.7. The molecule has 3 aromatic rings. The predicted octanol–water partition coefficient (Wildman–Crippen LogP) is 4.72. The third-order valence-electron chi connectivity index (χ3n) is 4.76. The van der Waals surface area contributed by atoms with Gasteiger partial charge in [0.2, 0.25) is 5.88 Å². The second-order valence-corrected chi connectivity index (χ2v) is 7.53. The minimum Gasteiger partial charge on any atom is -0.494 e. The average molecular weight is 457 g/mol. The standard InChI is InChI=1S/C23H18Cl2N2O4/c1-3-31-21-17(24)9-15(10-18(21)25)20(28)19-13(2)16(11-26)22(29)27(23(19)30)12-14-7-5-4-6-8-14/h4-10,30H,3,12H2,1-2H3. The molecule has 1 heterocycles. The number of hydrogen-bond donors (Lipinski definition) is 1. The summed E-state index contributed by atoms with van der Waals surface area (Å²) in [6.07, 6.45) is 0. The van der Waals surface area contributed by atoms with Gasteiger partial charge in [-0.15, -0.1) is 0 Å². The zero-order valence-corrected chi connectivity index (χ0v) is 18.3. The summed E-state index contributed by atoms with van der Waals surface area (Å²) >= 11 is 12.4. The topological polar surface area (TPSA) is 92.3 Å². The van der Waals surface area contributed by atoms with Gasteiger partial charge in [-0.25, -0.2) is 0 Å². The highest BCUT2D eigenvalue weighted by Gasteiger charge is 2.26. The van der Waals surface area contributed by atoms with Crippen LogP contribution >= 0.6 is 23.2 Å². The summed E-state index contributed by atoms with van der Waals surface area (Å²) < 4.78 is 6.39. The lowest BCUT2D eigenvalue weighted by atomic mass is 9.97. The normalized spacial score (nSPS) is 10.5. The molecular formula is C23H18Cl2N2O4. The van der Waals surface area contributed by atoms with Gasteiger partial charge >= 0.3 is 0 Å². The molecule has 0 aliphatic heterocycles. The van der Waals surface area contributed by atoms with Gasteiger partial charge in [0, 0.05) is 5.56 Å². The van der Waals surface area contributed by atoms with Crippen molar-refractivity contribution >= 4 is 29.0 Å². The summed E-state index contributed by atoms with van der Waals surface area (Å²) in [5.74, 6) is -0.910. The van der Waals surface area contributed by atoms with E-state index in [2.05, 4.69) is 0 Å². The lowest BCUT2D eigenvalue weighted by Crippen LogP contribution is -2.27. The van der Waals surface area contributed by atoms with Crippen molar-refractivity contribution in [3.63, 3.8) is 0 Å². The summed E-state index contributed by atoms with van der Waals surface area (Å²) in [4.78, 5) is 26.1. The number of ketones is 1. The summed E-state index contributed by atoms with van der Waals surface area (Å²) in [5, 5.41) is 20.7. The molecule has 3 rings (SSSR count). The van der Waals surface area contributed by atoms with Crippen LogP contribution in [0.2, 0.25) is 10.0 Å². The first-order chi connectivity index (χ1) is 14.8. The van der Waals surface area contributed by atoms with Crippen molar-refractivity contribution in [1.82, 2.24) is 4.57 Å². The largest absolute Gasteiger partial charge is 0.494 e. The van der Waals surface area contributed by atoms with E-state index in [1.807, 2.05) is 12.1 Å². The molecular weight excluding hydrogens is 439 g/mol. The molecule has 158 valence electrons. The minimum atomic E-state index is -0.680. The molecule has 0 fully saturated rings. The molecule has 0 aliphatic rings. The van der Waals surface area contributed by atoms with Crippen LogP contribution in [0.1, 0.15) is 39.5 Å². The fraction of sp³-hybridized carbons (Fsp3) is 0.174. The van der Waals surface area contributed by atoms with Crippen molar-refractivity contribution in [2.24, 2.45) is 0 Å². The lowest BCUT2D eigenvalue weighted by molar-refractivity contribution is 0.103. The van der Waals surface area contributed by atoms with E-state index in [0.29, 0.717) is 6.61 Å². The molecule has 2 aromatic carbocycles. The number of benzene rings is 2. The fourth-order valence-electron chi connectivity index (χ4n) is 3.25. The van der Waals surface area contributed by atoms with Gasteiger partial charge in [0.15, 0.2) is 11.5 Å². The molecule has 0 amide bonds. The molecule has 6 nitrogen and oxygen atoms in total. The third kappa shape index (κ3) is 4.29. The first-order valence-electron chi connectivity index (χ1n) is 9.37. The molecule has 31 heavy (non-hydrogen) atoms. The molecule has 0 bridgehead atoms. The Morgan fingerprint density at radius 1 is 1.19 bits per heavy atom. The number of nitriles is 1. The summed E-state index contributed by atoms with van der Waals surface area (Å²) in [6, 6.07) is 13.5. The number of rotatable bonds is 6. The Kier molecular flexibility index (Phi) is 6.69. The number of nitrogens with zero attached hydrogens (tertiary/aromatic N) is 2. The summed E-state index contributed by atoms with van der Waals surface area (Å²) in [5.41, 5.74) is -0.173. The van der Waals surface area contributed by atoms with Gasteiger partial charge in [-0.05, 0) is 37.1 Å². The number of carbonyl (C=O) groups excluding carboxylic acids is 1. The number of pyridine rings is 1. The second kappa shape index (κ2) is 9.25. The van der Waals surface area contributed by atoms with E-state index >= 15 is 0 Å². The number of hydrogen-bond acceptors (Lipinski definition) is 5. The van der Waals surface area contributed by atoms with E-state index in [4.69, 9.17) is 27.9 Å². The van der Waals surface area contributed by atoms with Crippen LogP contribution in [0.25, 0.3) is 0 Å². The molecule has 1 N–H and O–H groups in total. The van der Waals surface area contributed by atoms with Crippen LogP contribution in [0.4, 0.5) is 0 Å². The van der Waals surface area contributed by atoms with Gasteiger partial charge in [-0.1, -0.05) is 53.5 Å². The van der Waals surface area contributed by atoms with Crippen LogP contribution in [0, 0.1) is 18.3 Å². The monoisotopic (exact) mass is 456 g/mol. The number of aromatic nitrogens is 1. The highest BCUT2D eigenvalue weighted by Crippen LogP contribution is 2.36. The van der Waals surface area contributed by atoms with Crippen molar-refractivity contribution in [1.29, 1.82) is 5.26 Å². The van der Waals surface area contributed by atoms with Crippen LogP contribution in [-0.4, -0.2) is 22.1 Å². The molecule has 0 aliphatic carbocycles. The molecule has 0 atom stereocenters.